The van der Waals surface area contributed by atoms with Gasteiger partial charge in [0, 0.05) is 19.5 Å². The summed E-state index contributed by atoms with van der Waals surface area (Å²) in [4.78, 5) is 52.8. The molecule has 3 atom stereocenters. The van der Waals surface area contributed by atoms with E-state index in [-0.39, 0.29) is 17.7 Å². The fourth-order valence-corrected chi connectivity index (χ4v) is 4.09. The van der Waals surface area contributed by atoms with Gasteiger partial charge in [-0.25, -0.2) is 0 Å². The summed E-state index contributed by atoms with van der Waals surface area (Å²) in [6.45, 7) is 3.29. The van der Waals surface area contributed by atoms with Crippen LogP contribution in [0.25, 0.3) is 0 Å². The topological polar surface area (TPSA) is 139 Å². The second kappa shape index (κ2) is 10.4. The van der Waals surface area contributed by atoms with Gasteiger partial charge in [0.25, 0.3) is 0 Å². The Labute approximate surface area is 166 Å². The number of carbonyl (C=O) groups excluding carboxylic acids is 4. The molecule has 4 amide bonds. The Bertz CT molecular complexity index is 597. The average Bonchev–Trinajstić information content (AvgIpc) is 3.35. The molecule has 0 aromatic heterocycles. The van der Waals surface area contributed by atoms with E-state index in [0.29, 0.717) is 58.2 Å². The third kappa shape index (κ3) is 5.21. The van der Waals surface area contributed by atoms with Gasteiger partial charge in [-0.05, 0) is 51.5 Å². The highest BCUT2D eigenvalue weighted by atomic mass is 16.2. The number of unbranched alkanes of at least 4 members (excludes halogenated alkanes) is 1. The molecule has 0 spiro atoms. The summed E-state index contributed by atoms with van der Waals surface area (Å²) in [5.41, 5.74) is 11.0. The van der Waals surface area contributed by atoms with Crippen molar-refractivity contribution in [1.29, 1.82) is 0 Å². The van der Waals surface area contributed by atoms with Gasteiger partial charge in [0.05, 0.1) is 0 Å². The number of rotatable bonds is 9. The first-order chi connectivity index (χ1) is 13.4. The van der Waals surface area contributed by atoms with Crippen LogP contribution in [0.1, 0.15) is 58.3 Å². The maximum atomic E-state index is 13.1. The molecule has 2 rings (SSSR count). The molecule has 0 aromatic rings. The van der Waals surface area contributed by atoms with Crippen molar-refractivity contribution < 1.29 is 19.2 Å². The molecule has 0 radical (unpaired) electrons. The molecule has 2 heterocycles. The van der Waals surface area contributed by atoms with E-state index >= 15 is 0 Å². The highest BCUT2D eigenvalue weighted by Gasteiger charge is 2.39. The summed E-state index contributed by atoms with van der Waals surface area (Å²) in [7, 11) is 0. The molecule has 9 nitrogen and oxygen atoms in total. The standard InChI is InChI=1S/C19H33N5O4/c1-2-16(25)23-11-6-9-15(23)18(27)22-13(7-3-4-10-20)19(28)24-12-5-8-14(24)17(21)26/h13-15H,2-12,20H2,1H3,(H2,21,26)(H,22,27). The van der Waals surface area contributed by atoms with Crippen molar-refractivity contribution >= 4 is 23.6 Å². The number of nitrogens with one attached hydrogen (secondary N) is 1. The smallest absolute Gasteiger partial charge is 0.245 e. The lowest BCUT2D eigenvalue weighted by Crippen LogP contribution is -2.55. The van der Waals surface area contributed by atoms with Gasteiger partial charge in [0.1, 0.15) is 18.1 Å². The molecule has 9 heteroatoms. The number of nitrogens with two attached hydrogens (primary N) is 2. The number of nitrogens with zero attached hydrogens (tertiary/aromatic N) is 2. The maximum absolute atomic E-state index is 13.1. The molecule has 5 N–H and O–H groups in total. The van der Waals surface area contributed by atoms with Crippen molar-refractivity contribution in [3.63, 3.8) is 0 Å². The van der Waals surface area contributed by atoms with Crippen molar-refractivity contribution in [2.24, 2.45) is 11.5 Å². The largest absolute Gasteiger partial charge is 0.368 e. The Morgan fingerprint density at radius 2 is 1.68 bits per heavy atom. The monoisotopic (exact) mass is 395 g/mol. The van der Waals surface area contributed by atoms with Crippen LogP contribution < -0.4 is 16.8 Å². The zero-order valence-corrected chi connectivity index (χ0v) is 16.7. The van der Waals surface area contributed by atoms with E-state index in [1.54, 1.807) is 11.8 Å². The van der Waals surface area contributed by atoms with Crippen LogP contribution in [0.5, 0.6) is 0 Å². The van der Waals surface area contributed by atoms with Crippen LogP contribution in [-0.2, 0) is 19.2 Å². The molecule has 2 aliphatic heterocycles. The summed E-state index contributed by atoms with van der Waals surface area (Å²) in [5, 5.41) is 2.85. The number of amides is 4. The Balaban J connectivity index is 2.09. The maximum Gasteiger partial charge on any atom is 0.245 e. The van der Waals surface area contributed by atoms with Gasteiger partial charge < -0.3 is 26.6 Å². The number of hydrogen-bond acceptors (Lipinski definition) is 5. The van der Waals surface area contributed by atoms with Crippen LogP contribution in [-0.4, -0.2) is 71.2 Å². The number of carbonyl (C=O) groups is 4. The van der Waals surface area contributed by atoms with E-state index in [2.05, 4.69) is 5.32 Å². The Hall–Kier alpha value is -2.16. The molecule has 3 unspecified atom stereocenters. The predicted octanol–water partition coefficient (Wildman–Crippen LogP) is -0.522. The first kappa shape index (κ1) is 22.1. The van der Waals surface area contributed by atoms with Gasteiger partial charge in [0.2, 0.25) is 23.6 Å². The number of hydrogen-bond donors (Lipinski definition) is 3. The second-order valence-corrected chi connectivity index (χ2v) is 7.54. The van der Waals surface area contributed by atoms with Gasteiger partial charge in [-0.3, -0.25) is 19.2 Å². The molecule has 0 bridgehead atoms. The molecule has 2 fully saturated rings. The van der Waals surface area contributed by atoms with E-state index < -0.39 is 24.0 Å². The van der Waals surface area contributed by atoms with Gasteiger partial charge in [-0.2, -0.15) is 0 Å². The van der Waals surface area contributed by atoms with E-state index in [9.17, 15) is 19.2 Å². The number of primary amides is 1. The minimum absolute atomic E-state index is 0.0583. The third-order valence-corrected chi connectivity index (χ3v) is 5.60. The lowest BCUT2D eigenvalue weighted by atomic mass is 10.1. The van der Waals surface area contributed by atoms with Crippen LogP contribution in [0.2, 0.25) is 0 Å². The van der Waals surface area contributed by atoms with Crippen LogP contribution in [0.4, 0.5) is 0 Å². The summed E-state index contributed by atoms with van der Waals surface area (Å²) in [6.07, 6.45) is 4.83. The van der Waals surface area contributed by atoms with E-state index in [4.69, 9.17) is 11.5 Å². The normalized spacial score (nSPS) is 22.9. The fourth-order valence-electron chi connectivity index (χ4n) is 4.09. The average molecular weight is 396 g/mol. The van der Waals surface area contributed by atoms with Gasteiger partial charge in [-0.15, -0.1) is 0 Å². The molecule has 0 saturated carbocycles. The first-order valence-electron chi connectivity index (χ1n) is 10.3. The minimum atomic E-state index is -0.738. The summed E-state index contributed by atoms with van der Waals surface area (Å²) in [5.74, 6) is -1.16. The van der Waals surface area contributed by atoms with Crippen molar-refractivity contribution in [2.75, 3.05) is 19.6 Å². The van der Waals surface area contributed by atoms with Crippen molar-refractivity contribution in [3.8, 4) is 0 Å². The van der Waals surface area contributed by atoms with Crippen molar-refractivity contribution in [3.05, 3.63) is 0 Å². The number of likely N-dealkylation sites (tertiary alicyclic amines) is 2. The summed E-state index contributed by atoms with van der Waals surface area (Å²) >= 11 is 0. The predicted molar refractivity (Wildman–Crippen MR) is 104 cm³/mol. The second-order valence-electron chi connectivity index (χ2n) is 7.54. The first-order valence-corrected chi connectivity index (χ1v) is 10.3. The molecular formula is C19H33N5O4. The van der Waals surface area contributed by atoms with Gasteiger partial charge in [0.15, 0.2) is 0 Å². The zero-order chi connectivity index (χ0) is 20.7. The van der Waals surface area contributed by atoms with E-state index in [1.165, 1.54) is 4.90 Å². The quantitative estimate of drug-likeness (QED) is 0.451. The molecule has 0 aromatic carbocycles. The molecule has 2 aliphatic rings. The Kier molecular flexibility index (Phi) is 8.22. The van der Waals surface area contributed by atoms with Crippen molar-refractivity contribution in [1.82, 2.24) is 15.1 Å². The van der Waals surface area contributed by atoms with Crippen LogP contribution in [0.3, 0.4) is 0 Å². The van der Waals surface area contributed by atoms with Crippen LogP contribution >= 0.6 is 0 Å². The molecule has 0 aliphatic carbocycles. The van der Waals surface area contributed by atoms with Gasteiger partial charge in [-0.1, -0.05) is 6.92 Å². The molecular weight excluding hydrogens is 362 g/mol. The zero-order valence-electron chi connectivity index (χ0n) is 16.7. The molecule has 28 heavy (non-hydrogen) atoms. The van der Waals surface area contributed by atoms with Crippen LogP contribution in [0.15, 0.2) is 0 Å². The third-order valence-electron chi connectivity index (χ3n) is 5.60. The van der Waals surface area contributed by atoms with E-state index in [1.807, 2.05) is 0 Å². The summed E-state index contributed by atoms with van der Waals surface area (Å²) in [6, 6.07) is -1.90. The van der Waals surface area contributed by atoms with E-state index in [0.717, 1.165) is 12.8 Å². The minimum Gasteiger partial charge on any atom is -0.368 e. The lowest BCUT2D eigenvalue weighted by molar-refractivity contribution is -0.143. The van der Waals surface area contributed by atoms with Crippen LogP contribution in [0, 0.1) is 0 Å². The highest BCUT2D eigenvalue weighted by Crippen LogP contribution is 2.21. The molecule has 158 valence electrons. The van der Waals surface area contributed by atoms with Crippen molar-refractivity contribution in [2.45, 2.75) is 76.4 Å². The summed E-state index contributed by atoms with van der Waals surface area (Å²) < 4.78 is 0. The Morgan fingerprint density at radius 1 is 1.04 bits per heavy atom. The molecule has 2 saturated heterocycles. The fraction of sp³-hybridized carbons (Fsp3) is 0.789. The SMILES string of the molecule is CCC(=O)N1CCCC1C(=O)NC(CCCCN)C(=O)N1CCCC1C(N)=O. The highest BCUT2D eigenvalue weighted by molar-refractivity contribution is 5.94. The lowest BCUT2D eigenvalue weighted by Gasteiger charge is -2.30. The van der Waals surface area contributed by atoms with Gasteiger partial charge >= 0.3 is 0 Å². The Morgan fingerprint density at radius 3 is 2.29 bits per heavy atom.